The Bertz CT molecular complexity index is 436. The van der Waals surface area contributed by atoms with Gasteiger partial charge in [-0.25, -0.2) is 9.78 Å². The summed E-state index contributed by atoms with van der Waals surface area (Å²) in [7, 11) is 0. The molecular weight excluding hydrogens is 244 g/mol. The number of nitrogens with zero attached hydrogens (tertiary/aromatic N) is 2. The van der Waals surface area contributed by atoms with Gasteiger partial charge in [0.15, 0.2) is 0 Å². The molecule has 1 aliphatic rings. The van der Waals surface area contributed by atoms with Crippen molar-refractivity contribution in [2.75, 3.05) is 31.5 Å². The first kappa shape index (κ1) is 13.5. The van der Waals surface area contributed by atoms with Crippen LogP contribution in [0.25, 0.3) is 0 Å². The third kappa shape index (κ3) is 3.74. The highest BCUT2D eigenvalue weighted by Crippen LogP contribution is 2.21. The van der Waals surface area contributed by atoms with Crippen molar-refractivity contribution >= 4 is 11.7 Å². The molecule has 2 rings (SSSR count). The van der Waals surface area contributed by atoms with Gasteiger partial charge in [-0.15, -0.1) is 0 Å². The maximum atomic E-state index is 11.4. The van der Waals surface area contributed by atoms with Crippen molar-refractivity contribution in [2.24, 2.45) is 0 Å². The number of carbonyl (C=O) groups excluding carboxylic acids is 1. The predicted molar refractivity (Wildman–Crippen MR) is 73.5 cm³/mol. The molecule has 0 aromatic carbocycles. The van der Waals surface area contributed by atoms with Gasteiger partial charge in [0.1, 0.15) is 0 Å². The van der Waals surface area contributed by atoms with Crippen LogP contribution < -0.4 is 15.4 Å². The molecule has 0 saturated carbocycles. The van der Waals surface area contributed by atoms with E-state index in [1.54, 1.807) is 11.1 Å². The molecule has 0 aliphatic carbocycles. The molecule has 19 heavy (non-hydrogen) atoms. The van der Waals surface area contributed by atoms with Crippen LogP contribution in [0.4, 0.5) is 10.5 Å². The van der Waals surface area contributed by atoms with E-state index >= 15 is 0 Å². The highest BCUT2D eigenvalue weighted by molar-refractivity contribution is 5.76. The summed E-state index contributed by atoms with van der Waals surface area (Å²) >= 11 is 0. The topological polar surface area (TPSA) is 66.5 Å². The molecule has 0 spiro atoms. The Morgan fingerprint density at radius 3 is 3.11 bits per heavy atom. The molecule has 1 aromatic heterocycles. The average Bonchev–Trinajstić information content (AvgIpc) is 2.77. The summed E-state index contributed by atoms with van der Waals surface area (Å²) in [6.07, 6.45) is 1.79. The zero-order valence-electron chi connectivity index (χ0n) is 11.3. The molecular formula is C13H20N4O2. The van der Waals surface area contributed by atoms with E-state index in [9.17, 15) is 4.79 Å². The van der Waals surface area contributed by atoms with E-state index in [-0.39, 0.29) is 12.1 Å². The zero-order chi connectivity index (χ0) is 13.7. The van der Waals surface area contributed by atoms with Crippen LogP contribution in [0.15, 0.2) is 18.3 Å². The van der Waals surface area contributed by atoms with Crippen LogP contribution in [0.1, 0.15) is 13.8 Å². The molecule has 1 fully saturated rings. The number of urea groups is 1. The monoisotopic (exact) mass is 264 g/mol. The molecule has 1 aromatic rings. The predicted octanol–water partition coefficient (Wildman–Crippen LogP) is 1.31. The van der Waals surface area contributed by atoms with Gasteiger partial charge < -0.3 is 20.3 Å². The number of carbonyl (C=O) groups is 1. The van der Waals surface area contributed by atoms with Crippen molar-refractivity contribution in [1.29, 1.82) is 0 Å². The molecule has 6 heteroatoms. The fraction of sp³-hybridized carbons (Fsp3) is 0.538. The fourth-order valence-corrected chi connectivity index (χ4v) is 1.89. The Kier molecular flexibility index (Phi) is 4.43. The summed E-state index contributed by atoms with van der Waals surface area (Å²) in [4.78, 5) is 17.4. The normalized spacial score (nSPS) is 14.7. The maximum Gasteiger partial charge on any atom is 0.317 e. The minimum Gasteiger partial charge on any atom is -0.473 e. The number of anilines is 1. The number of nitrogens with one attached hydrogen (secondary N) is 2. The van der Waals surface area contributed by atoms with Gasteiger partial charge in [-0.3, -0.25) is 0 Å². The van der Waals surface area contributed by atoms with Crippen LogP contribution in [0.3, 0.4) is 0 Å². The van der Waals surface area contributed by atoms with E-state index in [0.29, 0.717) is 19.0 Å². The summed E-state index contributed by atoms with van der Waals surface area (Å²) < 4.78 is 5.62. The number of ether oxygens (including phenoxy) is 1. The number of rotatable bonds is 6. The van der Waals surface area contributed by atoms with E-state index < -0.39 is 0 Å². The van der Waals surface area contributed by atoms with Crippen LogP contribution in [0.5, 0.6) is 5.88 Å². The standard InChI is InChI=1S/C13H20N4O2/c1-10(2)19-12-11(4-3-5-15-12)14-6-8-17-9-7-16-13(17)18/h3-5,10,14H,6-9H2,1-2H3,(H,16,18). The molecule has 1 saturated heterocycles. The molecule has 2 amide bonds. The second kappa shape index (κ2) is 6.26. The number of aromatic nitrogens is 1. The number of amides is 2. The minimum absolute atomic E-state index is 0.00615. The molecule has 2 N–H and O–H groups in total. The highest BCUT2D eigenvalue weighted by atomic mass is 16.5. The van der Waals surface area contributed by atoms with Gasteiger partial charge in [-0.1, -0.05) is 0 Å². The first-order valence-corrected chi connectivity index (χ1v) is 6.55. The fourth-order valence-electron chi connectivity index (χ4n) is 1.89. The Morgan fingerprint density at radius 1 is 1.58 bits per heavy atom. The van der Waals surface area contributed by atoms with Crippen molar-refractivity contribution in [2.45, 2.75) is 20.0 Å². The zero-order valence-corrected chi connectivity index (χ0v) is 11.3. The lowest BCUT2D eigenvalue weighted by molar-refractivity contribution is 0.219. The lowest BCUT2D eigenvalue weighted by Crippen LogP contribution is -2.32. The molecule has 0 unspecified atom stereocenters. The third-order valence-electron chi connectivity index (χ3n) is 2.76. The summed E-state index contributed by atoms with van der Waals surface area (Å²) in [6, 6.07) is 3.79. The largest absolute Gasteiger partial charge is 0.473 e. The summed E-state index contributed by atoms with van der Waals surface area (Å²) in [5.74, 6) is 0.600. The highest BCUT2D eigenvalue weighted by Gasteiger charge is 2.18. The quantitative estimate of drug-likeness (QED) is 0.813. The van der Waals surface area contributed by atoms with E-state index in [1.165, 1.54) is 0 Å². The molecule has 0 atom stereocenters. The Hall–Kier alpha value is -1.98. The second-order valence-electron chi connectivity index (χ2n) is 4.67. The summed E-state index contributed by atoms with van der Waals surface area (Å²) in [5, 5.41) is 6.03. The Morgan fingerprint density at radius 2 is 2.42 bits per heavy atom. The van der Waals surface area contributed by atoms with Gasteiger partial charge in [0.2, 0.25) is 5.88 Å². The van der Waals surface area contributed by atoms with Gasteiger partial charge in [0.05, 0.1) is 11.8 Å². The Labute approximate surface area is 113 Å². The van der Waals surface area contributed by atoms with Crippen molar-refractivity contribution in [3.63, 3.8) is 0 Å². The maximum absolute atomic E-state index is 11.4. The first-order valence-electron chi connectivity index (χ1n) is 6.55. The van der Waals surface area contributed by atoms with Crippen molar-refractivity contribution in [1.82, 2.24) is 15.2 Å². The summed E-state index contributed by atoms with van der Waals surface area (Å²) in [6.45, 7) is 6.77. The Balaban J connectivity index is 1.86. The van der Waals surface area contributed by atoms with Crippen LogP contribution in [-0.4, -0.2) is 48.2 Å². The van der Waals surface area contributed by atoms with E-state index in [0.717, 1.165) is 18.8 Å². The molecule has 0 bridgehead atoms. The van der Waals surface area contributed by atoms with Crippen molar-refractivity contribution in [3.05, 3.63) is 18.3 Å². The van der Waals surface area contributed by atoms with Crippen LogP contribution in [-0.2, 0) is 0 Å². The van der Waals surface area contributed by atoms with Gasteiger partial charge in [-0.2, -0.15) is 0 Å². The van der Waals surface area contributed by atoms with E-state index in [2.05, 4.69) is 15.6 Å². The second-order valence-corrected chi connectivity index (χ2v) is 4.67. The third-order valence-corrected chi connectivity index (χ3v) is 2.76. The van der Waals surface area contributed by atoms with Crippen LogP contribution in [0, 0.1) is 0 Å². The minimum atomic E-state index is 0.00615. The SMILES string of the molecule is CC(C)Oc1ncccc1NCCN1CCNC1=O. The number of hydrogen-bond donors (Lipinski definition) is 2. The average molecular weight is 264 g/mol. The smallest absolute Gasteiger partial charge is 0.317 e. The van der Waals surface area contributed by atoms with Crippen LogP contribution >= 0.6 is 0 Å². The molecule has 1 aliphatic heterocycles. The lowest BCUT2D eigenvalue weighted by Gasteiger charge is -2.17. The van der Waals surface area contributed by atoms with Crippen molar-refractivity contribution in [3.8, 4) is 5.88 Å². The van der Waals surface area contributed by atoms with Crippen molar-refractivity contribution < 1.29 is 9.53 Å². The van der Waals surface area contributed by atoms with Gasteiger partial charge in [0.25, 0.3) is 0 Å². The van der Waals surface area contributed by atoms with Gasteiger partial charge in [-0.05, 0) is 26.0 Å². The van der Waals surface area contributed by atoms with E-state index in [4.69, 9.17) is 4.74 Å². The lowest BCUT2D eigenvalue weighted by atomic mass is 10.4. The van der Waals surface area contributed by atoms with Gasteiger partial charge >= 0.3 is 6.03 Å². The number of hydrogen-bond acceptors (Lipinski definition) is 4. The van der Waals surface area contributed by atoms with E-state index in [1.807, 2.05) is 26.0 Å². The van der Waals surface area contributed by atoms with Crippen LogP contribution in [0.2, 0.25) is 0 Å². The molecule has 2 heterocycles. The number of pyridine rings is 1. The molecule has 6 nitrogen and oxygen atoms in total. The summed E-state index contributed by atoms with van der Waals surface area (Å²) in [5.41, 5.74) is 0.857. The molecule has 0 radical (unpaired) electrons. The molecule has 104 valence electrons. The van der Waals surface area contributed by atoms with Gasteiger partial charge in [0, 0.05) is 32.4 Å². The first-order chi connectivity index (χ1) is 9.16.